The predicted molar refractivity (Wildman–Crippen MR) is 217 cm³/mol. The van der Waals surface area contributed by atoms with Crippen LogP contribution in [0.5, 0.6) is 11.5 Å². The van der Waals surface area contributed by atoms with Gasteiger partial charge in [0.25, 0.3) is 5.91 Å². The van der Waals surface area contributed by atoms with Crippen LogP contribution in [0.3, 0.4) is 0 Å². The fraction of sp³-hybridized carbons (Fsp3) is 0.512. The molecule has 2 amide bonds. The molecule has 1 heterocycles. The summed E-state index contributed by atoms with van der Waals surface area (Å²) in [5, 5.41) is 55.2. The van der Waals surface area contributed by atoms with E-state index >= 15 is 0 Å². The highest BCUT2D eigenvalue weighted by molar-refractivity contribution is 7.98. The van der Waals surface area contributed by atoms with Gasteiger partial charge in [-0.05, 0) is 55.0 Å². The van der Waals surface area contributed by atoms with E-state index in [0.717, 1.165) is 44.2 Å². The zero-order valence-corrected chi connectivity index (χ0v) is 34.2. The van der Waals surface area contributed by atoms with Crippen LogP contribution >= 0.6 is 11.8 Å². The lowest BCUT2D eigenvalue weighted by Gasteiger charge is -2.37. The number of para-hydroxylation sites is 1. The highest BCUT2D eigenvalue weighted by atomic mass is 32.2. The summed E-state index contributed by atoms with van der Waals surface area (Å²) >= 11 is 1.34. The highest BCUT2D eigenvalue weighted by Crippen LogP contribution is 2.47. The number of aromatic hydroxyl groups is 1. The largest absolute Gasteiger partial charge is 0.508 e. The Labute approximate surface area is 334 Å². The van der Waals surface area contributed by atoms with E-state index in [9.17, 15) is 43.5 Å². The number of carbonyl (C=O) groups is 2. The van der Waals surface area contributed by atoms with Gasteiger partial charge in [0, 0.05) is 42.8 Å². The number of phenols is 1. The van der Waals surface area contributed by atoms with Gasteiger partial charge in [-0.1, -0.05) is 76.8 Å². The lowest BCUT2D eigenvalue weighted by molar-refractivity contribution is -0.131. The van der Waals surface area contributed by atoms with Crippen molar-refractivity contribution in [2.24, 2.45) is 11.3 Å². The second-order valence-corrected chi connectivity index (χ2v) is 17.5. The van der Waals surface area contributed by atoms with Gasteiger partial charge in [0.2, 0.25) is 5.91 Å². The number of nitrogens with zero attached hydrogens (tertiary/aromatic N) is 1. The fourth-order valence-corrected chi connectivity index (χ4v) is 9.66. The van der Waals surface area contributed by atoms with Crippen LogP contribution in [0.1, 0.15) is 70.9 Å². The molecule has 308 valence electrons. The minimum Gasteiger partial charge on any atom is -0.508 e. The Kier molecular flexibility index (Phi) is 16.4. The number of fused-ring (bicyclic) bond motifs is 1. The molecule has 56 heavy (non-hydrogen) atoms. The molecule has 0 aromatic heterocycles. The van der Waals surface area contributed by atoms with Crippen LogP contribution in [-0.2, 0) is 19.4 Å². The third kappa shape index (κ3) is 11.4. The number of nitrogens with one attached hydrogen (secondary N) is 2. The summed E-state index contributed by atoms with van der Waals surface area (Å²) in [6.45, 7) is 4.72. The fourth-order valence-electron chi connectivity index (χ4n) is 6.99. The maximum absolute atomic E-state index is 14.5. The zero-order chi connectivity index (χ0) is 41.0. The van der Waals surface area contributed by atoms with Gasteiger partial charge < -0.3 is 45.8 Å². The lowest BCUT2D eigenvalue weighted by Crippen LogP contribution is -2.49. The molecule has 0 spiro atoms. The average molecular weight is 816 g/mol. The van der Waals surface area contributed by atoms with Crippen molar-refractivity contribution in [2.45, 2.75) is 93.4 Å². The molecular weight excluding hydrogens is 759 g/mol. The van der Waals surface area contributed by atoms with Gasteiger partial charge in [0.05, 0.1) is 33.4 Å². The Hall–Kier alpha value is -3.86. The monoisotopic (exact) mass is 815 g/mol. The molecule has 1 aliphatic rings. The number of phenolic OH excluding ortho intramolecular Hbond substituents is 1. The van der Waals surface area contributed by atoms with E-state index in [2.05, 4.69) is 29.4 Å². The van der Waals surface area contributed by atoms with Crippen LogP contribution in [0.2, 0.25) is 0 Å². The molecule has 3 aromatic carbocycles. The molecule has 0 fully saturated rings. The Morgan fingerprint density at radius 1 is 0.964 bits per heavy atom. The summed E-state index contributed by atoms with van der Waals surface area (Å²) in [7, 11) is -3.85. The normalized spacial score (nSPS) is 17.4. The molecule has 3 aromatic rings. The van der Waals surface area contributed by atoms with E-state index < -0.39 is 77.1 Å². The molecule has 5 unspecified atom stereocenters. The van der Waals surface area contributed by atoms with Gasteiger partial charge in [-0.15, -0.1) is 11.8 Å². The molecule has 4 rings (SSSR count). The minimum absolute atomic E-state index is 0.0244. The van der Waals surface area contributed by atoms with Crippen molar-refractivity contribution in [3.8, 4) is 11.5 Å². The summed E-state index contributed by atoms with van der Waals surface area (Å²) in [6.07, 6.45) is 2.31. The van der Waals surface area contributed by atoms with Gasteiger partial charge >= 0.3 is 0 Å². The Bertz CT molecular complexity index is 1840. The van der Waals surface area contributed by atoms with Crippen LogP contribution in [0.4, 0.5) is 11.4 Å². The van der Waals surface area contributed by atoms with Crippen LogP contribution < -0.4 is 20.3 Å². The molecule has 0 aliphatic carbocycles. The molecule has 1 aliphatic heterocycles. The quantitative estimate of drug-likeness (QED) is 0.0790. The number of benzene rings is 3. The number of hydrogen-bond acceptors (Lipinski definition) is 12. The second kappa shape index (κ2) is 20.5. The van der Waals surface area contributed by atoms with Crippen molar-refractivity contribution < 1.29 is 48.3 Å². The number of rotatable bonds is 20. The van der Waals surface area contributed by atoms with Gasteiger partial charge in [0.15, 0.2) is 16.4 Å². The van der Waals surface area contributed by atoms with Gasteiger partial charge in [0.1, 0.15) is 23.6 Å². The van der Waals surface area contributed by atoms with Crippen LogP contribution in [0.25, 0.3) is 0 Å². The first-order valence-corrected chi connectivity index (χ1v) is 22.0. The van der Waals surface area contributed by atoms with Crippen molar-refractivity contribution in [3.05, 3.63) is 72.3 Å². The molecular formula is C41H57N3O10S2. The summed E-state index contributed by atoms with van der Waals surface area (Å²) in [4.78, 5) is 29.7. The molecule has 7 N–H and O–H groups in total. The number of aliphatic hydroxyl groups excluding tert-OH is 4. The summed E-state index contributed by atoms with van der Waals surface area (Å²) in [5.41, 5.74) is 1.21. The molecule has 0 saturated heterocycles. The molecule has 13 nitrogen and oxygen atoms in total. The number of sulfone groups is 1. The molecule has 0 radical (unpaired) electrons. The first kappa shape index (κ1) is 44.8. The van der Waals surface area contributed by atoms with Crippen molar-refractivity contribution in [1.29, 1.82) is 0 Å². The standard InChI is InChI=1S/C41H57N3O10S2/c1-5-7-18-41(19-8-6-2)25-44(29-12-10-9-11-13-29)31-20-34(55-4)33(21-35(31)56(52,53)26-41)54-24-36(48)43-37(28-14-16-30(46)17-15-28)40(51)42-22-32(47)39(50)38(49)27(3)23-45/h9-17,20-21,27,32,37-39,45-47,49-50H,5-8,18-19,22-26H2,1-4H3,(H,42,51)(H,43,48). The predicted octanol–water partition coefficient (Wildman–Crippen LogP) is 4.47. The van der Waals surface area contributed by atoms with Crippen molar-refractivity contribution >= 4 is 44.8 Å². The van der Waals surface area contributed by atoms with Gasteiger partial charge in [-0.2, -0.15) is 0 Å². The number of thioether (sulfide) groups is 1. The number of carbonyl (C=O) groups excluding carboxylic acids is 2. The van der Waals surface area contributed by atoms with Gasteiger partial charge in [-0.25, -0.2) is 8.42 Å². The smallest absolute Gasteiger partial charge is 0.258 e. The van der Waals surface area contributed by atoms with Crippen molar-refractivity contribution in [3.63, 3.8) is 0 Å². The first-order chi connectivity index (χ1) is 26.7. The third-order valence-electron chi connectivity index (χ3n) is 10.3. The first-order valence-electron chi connectivity index (χ1n) is 19.1. The van der Waals surface area contributed by atoms with Crippen LogP contribution in [0, 0.1) is 11.3 Å². The maximum Gasteiger partial charge on any atom is 0.258 e. The van der Waals surface area contributed by atoms with Crippen LogP contribution in [-0.4, -0.2) is 102 Å². The van der Waals surface area contributed by atoms with E-state index in [0.29, 0.717) is 17.1 Å². The van der Waals surface area contributed by atoms with E-state index in [4.69, 9.17) is 4.74 Å². The SMILES string of the molecule is CCCCC1(CCCC)CN(c2ccccc2)c2cc(SC)c(OCC(=O)NC(C(=O)NCC(O)C(O)C(O)C(C)CO)c3ccc(O)cc3)cc2S(=O)(=O)C1. The Morgan fingerprint density at radius 2 is 1.61 bits per heavy atom. The summed E-state index contributed by atoms with van der Waals surface area (Å²) in [6, 6.07) is 17.2. The number of unbranched alkanes of at least 4 members (excludes halogenated alkanes) is 2. The van der Waals surface area contributed by atoms with E-state index in [-0.39, 0.29) is 27.7 Å². The lowest BCUT2D eigenvalue weighted by atomic mass is 9.79. The number of anilines is 2. The Balaban J connectivity index is 1.62. The number of hydrogen-bond donors (Lipinski definition) is 7. The highest BCUT2D eigenvalue weighted by Gasteiger charge is 2.42. The number of amides is 2. The zero-order valence-electron chi connectivity index (χ0n) is 32.6. The number of ether oxygens (including phenoxy) is 1. The summed E-state index contributed by atoms with van der Waals surface area (Å²) < 4.78 is 34.9. The minimum atomic E-state index is -3.85. The molecule has 0 bridgehead atoms. The van der Waals surface area contributed by atoms with E-state index in [1.807, 2.05) is 36.6 Å². The molecule has 5 atom stereocenters. The van der Waals surface area contributed by atoms with Crippen LogP contribution in [0.15, 0.2) is 76.5 Å². The van der Waals surface area contributed by atoms with Crippen molar-refractivity contribution in [2.75, 3.05) is 43.2 Å². The topological polar surface area (TPSA) is 206 Å². The van der Waals surface area contributed by atoms with Crippen molar-refractivity contribution in [1.82, 2.24) is 10.6 Å². The Morgan fingerprint density at radius 3 is 2.20 bits per heavy atom. The van der Waals surface area contributed by atoms with E-state index in [1.54, 1.807) is 6.07 Å². The van der Waals surface area contributed by atoms with E-state index in [1.165, 1.54) is 49.0 Å². The third-order valence-corrected chi connectivity index (χ3v) is 13.1. The number of aliphatic hydroxyl groups is 4. The van der Waals surface area contributed by atoms with Gasteiger partial charge in [-0.3, -0.25) is 9.59 Å². The maximum atomic E-state index is 14.5. The molecule has 0 saturated carbocycles. The average Bonchev–Trinajstić information content (AvgIpc) is 3.29. The summed E-state index contributed by atoms with van der Waals surface area (Å²) in [5.74, 6) is -2.13. The molecule has 15 heteroatoms. The second-order valence-electron chi connectivity index (χ2n) is 14.7.